The van der Waals surface area contributed by atoms with Gasteiger partial charge in [0.25, 0.3) is 5.92 Å². The summed E-state index contributed by atoms with van der Waals surface area (Å²) in [6, 6.07) is 4.88. The van der Waals surface area contributed by atoms with Gasteiger partial charge in [0, 0.05) is 10.9 Å². The fraction of sp³-hybridized carbons (Fsp3) is 0.333. The van der Waals surface area contributed by atoms with Crippen LogP contribution in [-0.4, -0.2) is 11.0 Å². The number of fused-ring (bicyclic) bond motifs is 1. The van der Waals surface area contributed by atoms with E-state index >= 15 is 0 Å². The lowest BCUT2D eigenvalue weighted by Gasteiger charge is -2.12. The molecule has 1 N–H and O–H groups in total. The van der Waals surface area contributed by atoms with Gasteiger partial charge in [-0.2, -0.15) is 0 Å². The van der Waals surface area contributed by atoms with Gasteiger partial charge < -0.3 is 5.11 Å². The number of hydrogen-bond acceptors (Lipinski definition) is 1. The van der Waals surface area contributed by atoms with Crippen molar-refractivity contribution in [3.8, 4) is 0 Å². The molecule has 1 aliphatic rings. The molecule has 1 aliphatic carbocycles. The standard InChI is InChI=1S/C9H7BrF2O/c10-7-3-1-2-5-6(7)4-9(11,12)8(5)13/h1-3,8,13H,4H2. The van der Waals surface area contributed by atoms with Crippen LogP contribution in [-0.2, 0) is 6.42 Å². The van der Waals surface area contributed by atoms with E-state index in [1.807, 2.05) is 0 Å². The molecule has 70 valence electrons. The summed E-state index contributed by atoms with van der Waals surface area (Å²) in [4.78, 5) is 0. The Hall–Kier alpha value is -0.480. The highest BCUT2D eigenvalue weighted by atomic mass is 79.9. The van der Waals surface area contributed by atoms with Crippen LogP contribution >= 0.6 is 15.9 Å². The minimum Gasteiger partial charge on any atom is -0.382 e. The number of alkyl halides is 2. The summed E-state index contributed by atoms with van der Waals surface area (Å²) in [6.07, 6.45) is -2.04. The van der Waals surface area contributed by atoms with E-state index in [0.717, 1.165) is 0 Å². The van der Waals surface area contributed by atoms with Gasteiger partial charge in [-0.25, -0.2) is 8.78 Å². The first kappa shape index (κ1) is 9.09. The SMILES string of the molecule is OC1c2cccc(Br)c2CC1(F)F. The second-order valence-electron chi connectivity index (χ2n) is 3.15. The third-order valence-electron chi connectivity index (χ3n) is 2.26. The van der Waals surface area contributed by atoms with Gasteiger partial charge in [0.1, 0.15) is 6.10 Å². The van der Waals surface area contributed by atoms with Gasteiger partial charge in [0.2, 0.25) is 0 Å². The molecule has 0 saturated carbocycles. The summed E-state index contributed by atoms with van der Waals surface area (Å²) in [5.74, 6) is -3.02. The lowest BCUT2D eigenvalue weighted by atomic mass is 10.1. The third kappa shape index (κ3) is 1.28. The van der Waals surface area contributed by atoms with E-state index < -0.39 is 12.0 Å². The molecule has 0 aromatic heterocycles. The van der Waals surface area contributed by atoms with Gasteiger partial charge in [-0.15, -0.1) is 0 Å². The molecule has 1 aromatic carbocycles. The average molecular weight is 249 g/mol. The fourth-order valence-electron chi connectivity index (χ4n) is 1.58. The van der Waals surface area contributed by atoms with Gasteiger partial charge in [-0.1, -0.05) is 28.1 Å². The summed E-state index contributed by atoms with van der Waals surface area (Å²) in [7, 11) is 0. The summed E-state index contributed by atoms with van der Waals surface area (Å²) < 4.78 is 26.7. The molecule has 0 aliphatic heterocycles. The molecule has 13 heavy (non-hydrogen) atoms. The van der Waals surface area contributed by atoms with Crippen molar-refractivity contribution in [2.75, 3.05) is 0 Å². The average Bonchev–Trinajstić information content (AvgIpc) is 2.28. The Bertz CT molecular complexity index is 351. The first-order valence-electron chi connectivity index (χ1n) is 3.85. The summed E-state index contributed by atoms with van der Waals surface area (Å²) >= 11 is 3.18. The van der Waals surface area contributed by atoms with Crippen LogP contribution in [0.4, 0.5) is 8.78 Å². The maximum absolute atomic E-state index is 13.0. The van der Waals surface area contributed by atoms with Crippen molar-refractivity contribution in [3.63, 3.8) is 0 Å². The van der Waals surface area contributed by atoms with Gasteiger partial charge in [-0.05, 0) is 17.2 Å². The molecule has 0 amide bonds. The molecule has 1 aromatic rings. The topological polar surface area (TPSA) is 20.2 Å². The van der Waals surface area contributed by atoms with Crippen molar-refractivity contribution >= 4 is 15.9 Å². The molecule has 0 spiro atoms. The minimum atomic E-state index is -3.02. The normalized spacial score (nSPS) is 24.5. The van der Waals surface area contributed by atoms with Crippen LogP contribution in [0, 0.1) is 0 Å². The van der Waals surface area contributed by atoms with Crippen molar-refractivity contribution in [2.45, 2.75) is 18.4 Å². The van der Waals surface area contributed by atoms with Gasteiger partial charge in [-0.3, -0.25) is 0 Å². The van der Waals surface area contributed by atoms with E-state index in [1.54, 1.807) is 12.1 Å². The molecular formula is C9H7BrF2O. The molecule has 1 unspecified atom stereocenters. The quantitative estimate of drug-likeness (QED) is 0.749. The molecule has 0 bridgehead atoms. The maximum atomic E-state index is 13.0. The first-order valence-corrected chi connectivity index (χ1v) is 4.65. The number of aliphatic hydroxyl groups excluding tert-OH is 1. The highest BCUT2D eigenvalue weighted by Crippen LogP contribution is 2.45. The molecular weight excluding hydrogens is 242 g/mol. The predicted molar refractivity (Wildman–Crippen MR) is 47.8 cm³/mol. The van der Waals surface area contributed by atoms with E-state index in [1.165, 1.54) is 6.07 Å². The second kappa shape index (κ2) is 2.75. The van der Waals surface area contributed by atoms with Crippen molar-refractivity contribution in [2.24, 2.45) is 0 Å². The Morgan fingerprint density at radius 3 is 2.77 bits per heavy atom. The summed E-state index contributed by atoms with van der Waals surface area (Å²) in [6.45, 7) is 0. The van der Waals surface area contributed by atoms with Crippen LogP contribution in [0.5, 0.6) is 0 Å². The van der Waals surface area contributed by atoms with E-state index in [9.17, 15) is 13.9 Å². The maximum Gasteiger partial charge on any atom is 0.281 e. The zero-order valence-corrected chi connectivity index (χ0v) is 8.18. The van der Waals surface area contributed by atoms with Gasteiger partial charge >= 0.3 is 0 Å². The van der Waals surface area contributed by atoms with Crippen molar-refractivity contribution in [1.82, 2.24) is 0 Å². The molecule has 0 fully saturated rings. The number of aliphatic hydroxyl groups is 1. The van der Waals surface area contributed by atoms with Crippen LogP contribution in [0.25, 0.3) is 0 Å². The highest BCUT2D eigenvalue weighted by molar-refractivity contribution is 9.10. The first-order chi connectivity index (χ1) is 6.02. The Morgan fingerprint density at radius 2 is 2.15 bits per heavy atom. The second-order valence-corrected chi connectivity index (χ2v) is 4.00. The van der Waals surface area contributed by atoms with Crippen LogP contribution in [0.15, 0.2) is 22.7 Å². The third-order valence-corrected chi connectivity index (χ3v) is 3.01. The van der Waals surface area contributed by atoms with Crippen molar-refractivity contribution in [1.29, 1.82) is 0 Å². The number of halogens is 3. The predicted octanol–water partition coefficient (Wildman–Crippen LogP) is 2.67. The molecule has 1 atom stereocenters. The zero-order chi connectivity index (χ0) is 9.64. The molecule has 2 rings (SSSR count). The van der Waals surface area contributed by atoms with Crippen LogP contribution in [0.2, 0.25) is 0 Å². The lowest BCUT2D eigenvalue weighted by Crippen LogP contribution is -2.21. The minimum absolute atomic E-state index is 0.333. The fourth-order valence-corrected chi connectivity index (χ4v) is 2.10. The highest BCUT2D eigenvalue weighted by Gasteiger charge is 2.47. The van der Waals surface area contributed by atoms with E-state index in [2.05, 4.69) is 15.9 Å². The van der Waals surface area contributed by atoms with Crippen LogP contribution < -0.4 is 0 Å². The Balaban J connectivity index is 2.56. The molecule has 4 heteroatoms. The van der Waals surface area contributed by atoms with Crippen molar-refractivity contribution in [3.05, 3.63) is 33.8 Å². The van der Waals surface area contributed by atoms with E-state index in [4.69, 9.17) is 0 Å². The lowest BCUT2D eigenvalue weighted by molar-refractivity contribution is -0.0968. The smallest absolute Gasteiger partial charge is 0.281 e. The Morgan fingerprint density at radius 1 is 1.46 bits per heavy atom. The number of benzene rings is 1. The zero-order valence-electron chi connectivity index (χ0n) is 6.60. The molecule has 0 radical (unpaired) electrons. The van der Waals surface area contributed by atoms with Crippen molar-refractivity contribution < 1.29 is 13.9 Å². The molecule has 1 nitrogen and oxygen atoms in total. The largest absolute Gasteiger partial charge is 0.382 e. The summed E-state index contributed by atoms with van der Waals surface area (Å²) in [5.41, 5.74) is 0.847. The number of hydrogen-bond donors (Lipinski definition) is 1. The van der Waals surface area contributed by atoms with Crippen LogP contribution in [0.1, 0.15) is 17.2 Å². The summed E-state index contributed by atoms with van der Waals surface area (Å²) in [5, 5.41) is 9.26. The number of rotatable bonds is 0. The molecule has 0 saturated heterocycles. The van der Waals surface area contributed by atoms with Crippen LogP contribution in [0.3, 0.4) is 0 Å². The van der Waals surface area contributed by atoms with E-state index in [0.29, 0.717) is 15.6 Å². The van der Waals surface area contributed by atoms with Gasteiger partial charge in [0.15, 0.2) is 0 Å². The monoisotopic (exact) mass is 248 g/mol. The van der Waals surface area contributed by atoms with Gasteiger partial charge in [0.05, 0.1) is 0 Å². The Labute approximate surface area is 82.5 Å². The van der Waals surface area contributed by atoms with E-state index in [-0.39, 0.29) is 6.42 Å². The Kier molecular flexibility index (Phi) is 1.92. The molecule has 0 heterocycles.